The van der Waals surface area contributed by atoms with E-state index in [-0.39, 0.29) is 5.78 Å². The number of ether oxygens (including phenoxy) is 2. The third kappa shape index (κ3) is 4.15. The van der Waals surface area contributed by atoms with Crippen LogP contribution in [-0.4, -0.2) is 26.1 Å². The van der Waals surface area contributed by atoms with Crippen LogP contribution >= 0.6 is 31.9 Å². The Morgan fingerprint density at radius 1 is 1.05 bits per heavy atom. The fraction of sp³-hybridized carbons (Fsp3) is 0.188. The minimum absolute atomic E-state index is 0.0811. The largest absolute Gasteiger partial charge is 0.490 e. The predicted octanol–water partition coefficient (Wildman–Crippen LogP) is 4.47. The van der Waals surface area contributed by atoms with Gasteiger partial charge in [0.25, 0.3) is 0 Å². The zero-order chi connectivity index (χ0) is 15.2. The monoisotopic (exact) mass is 412 g/mol. The second kappa shape index (κ2) is 7.73. The maximum atomic E-state index is 12.7. The standard InChI is InChI=1S/C16H14Br2O3/c1-20-8-9-21-15-5-3-2-4-13(15)16(19)12-7-6-11(17)10-14(12)18/h2-7,10H,8-9H2,1H3. The fourth-order valence-corrected chi connectivity index (χ4v) is 3.06. The maximum absolute atomic E-state index is 12.7. The Hall–Kier alpha value is -1.17. The number of hydrogen-bond donors (Lipinski definition) is 0. The number of para-hydroxylation sites is 1. The Kier molecular flexibility index (Phi) is 5.96. The molecule has 0 saturated carbocycles. The minimum atomic E-state index is -0.0811. The first-order valence-electron chi connectivity index (χ1n) is 6.34. The van der Waals surface area contributed by atoms with Crippen LogP contribution in [0.1, 0.15) is 15.9 Å². The van der Waals surface area contributed by atoms with Gasteiger partial charge in [-0.3, -0.25) is 4.79 Å². The molecular weight excluding hydrogens is 400 g/mol. The fourth-order valence-electron chi connectivity index (χ4n) is 1.83. The van der Waals surface area contributed by atoms with E-state index in [1.54, 1.807) is 25.3 Å². The Morgan fingerprint density at radius 3 is 2.52 bits per heavy atom. The van der Waals surface area contributed by atoms with Gasteiger partial charge in [0, 0.05) is 21.6 Å². The molecule has 3 nitrogen and oxygen atoms in total. The number of methoxy groups -OCH3 is 1. The average molecular weight is 414 g/mol. The van der Waals surface area contributed by atoms with Crippen LogP contribution in [0.15, 0.2) is 51.4 Å². The summed E-state index contributed by atoms with van der Waals surface area (Å²) in [7, 11) is 1.61. The van der Waals surface area contributed by atoms with E-state index in [0.717, 1.165) is 8.95 Å². The van der Waals surface area contributed by atoms with Crippen LogP contribution in [0.25, 0.3) is 0 Å². The second-order valence-corrected chi connectivity index (χ2v) is 6.06. The van der Waals surface area contributed by atoms with Crippen molar-refractivity contribution in [2.24, 2.45) is 0 Å². The Bertz CT molecular complexity index is 641. The van der Waals surface area contributed by atoms with Crippen molar-refractivity contribution in [1.82, 2.24) is 0 Å². The van der Waals surface area contributed by atoms with Crippen molar-refractivity contribution in [1.29, 1.82) is 0 Å². The highest BCUT2D eigenvalue weighted by Crippen LogP contribution is 2.27. The normalized spacial score (nSPS) is 10.4. The molecule has 2 rings (SSSR count). The van der Waals surface area contributed by atoms with E-state index in [2.05, 4.69) is 31.9 Å². The van der Waals surface area contributed by atoms with Crippen LogP contribution in [0.5, 0.6) is 5.75 Å². The molecule has 0 aliphatic rings. The predicted molar refractivity (Wildman–Crippen MR) is 89.1 cm³/mol. The van der Waals surface area contributed by atoms with Gasteiger partial charge in [-0.1, -0.05) is 28.1 Å². The smallest absolute Gasteiger partial charge is 0.197 e. The number of carbonyl (C=O) groups excluding carboxylic acids is 1. The van der Waals surface area contributed by atoms with Crippen LogP contribution in [0.4, 0.5) is 0 Å². The first kappa shape index (κ1) is 16.2. The molecule has 0 bridgehead atoms. The number of halogens is 2. The highest BCUT2D eigenvalue weighted by molar-refractivity contribution is 9.11. The summed E-state index contributed by atoms with van der Waals surface area (Å²) < 4.78 is 12.2. The maximum Gasteiger partial charge on any atom is 0.197 e. The molecule has 0 saturated heterocycles. The van der Waals surface area contributed by atoms with Gasteiger partial charge in [-0.15, -0.1) is 0 Å². The molecule has 0 spiro atoms. The van der Waals surface area contributed by atoms with Crippen LogP contribution < -0.4 is 4.74 Å². The molecule has 2 aromatic carbocycles. The summed E-state index contributed by atoms with van der Waals surface area (Å²) in [5.74, 6) is 0.483. The highest BCUT2D eigenvalue weighted by atomic mass is 79.9. The molecule has 0 heterocycles. The average Bonchev–Trinajstić information content (AvgIpc) is 2.47. The van der Waals surface area contributed by atoms with Gasteiger partial charge < -0.3 is 9.47 Å². The quantitative estimate of drug-likeness (QED) is 0.517. The third-order valence-electron chi connectivity index (χ3n) is 2.85. The molecule has 0 N–H and O–H groups in total. The van der Waals surface area contributed by atoms with Crippen LogP contribution in [0, 0.1) is 0 Å². The summed E-state index contributed by atoms with van der Waals surface area (Å²) in [6.45, 7) is 0.882. The van der Waals surface area contributed by atoms with Gasteiger partial charge in [-0.25, -0.2) is 0 Å². The van der Waals surface area contributed by atoms with Crippen molar-refractivity contribution < 1.29 is 14.3 Å². The van der Waals surface area contributed by atoms with Crippen molar-refractivity contribution in [3.8, 4) is 5.75 Å². The lowest BCUT2D eigenvalue weighted by molar-refractivity contribution is 0.103. The van der Waals surface area contributed by atoms with Gasteiger partial charge in [-0.05, 0) is 46.3 Å². The van der Waals surface area contributed by atoms with E-state index in [0.29, 0.717) is 30.1 Å². The molecule has 5 heteroatoms. The zero-order valence-electron chi connectivity index (χ0n) is 11.4. The SMILES string of the molecule is COCCOc1ccccc1C(=O)c1ccc(Br)cc1Br. The van der Waals surface area contributed by atoms with Gasteiger partial charge in [-0.2, -0.15) is 0 Å². The summed E-state index contributed by atoms with van der Waals surface area (Å²) in [6.07, 6.45) is 0. The number of rotatable bonds is 6. The van der Waals surface area contributed by atoms with Gasteiger partial charge in [0.1, 0.15) is 12.4 Å². The molecule has 21 heavy (non-hydrogen) atoms. The van der Waals surface area contributed by atoms with Gasteiger partial charge in [0.2, 0.25) is 0 Å². The molecule has 2 aromatic rings. The minimum Gasteiger partial charge on any atom is -0.490 e. The number of benzene rings is 2. The van der Waals surface area contributed by atoms with E-state index < -0.39 is 0 Å². The number of ketones is 1. The molecule has 110 valence electrons. The van der Waals surface area contributed by atoms with E-state index >= 15 is 0 Å². The van der Waals surface area contributed by atoms with E-state index in [4.69, 9.17) is 9.47 Å². The van der Waals surface area contributed by atoms with Crippen molar-refractivity contribution in [3.63, 3.8) is 0 Å². The Labute approximate surface area is 140 Å². The summed E-state index contributed by atoms with van der Waals surface area (Å²) in [4.78, 5) is 12.7. The van der Waals surface area contributed by atoms with Gasteiger partial charge >= 0.3 is 0 Å². The summed E-state index contributed by atoms with van der Waals surface area (Å²) in [6, 6.07) is 12.7. The lowest BCUT2D eigenvalue weighted by Gasteiger charge is -2.11. The number of carbonyl (C=O) groups is 1. The Morgan fingerprint density at radius 2 is 1.81 bits per heavy atom. The molecule has 0 unspecified atom stereocenters. The molecule has 0 radical (unpaired) electrons. The highest BCUT2D eigenvalue weighted by Gasteiger charge is 2.17. The zero-order valence-corrected chi connectivity index (χ0v) is 14.6. The molecule has 0 aromatic heterocycles. The molecule has 0 aliphatic carbocycles. The molecular formula is C16H14Br2O3. The van der Waals surface area contributed by atoms with E-state index in [9.17, 15) is 4.79 Å². The van der Waals surface area contributed by atoms with Gasteiger partial charge in [0.05, 0.1) is 12.2 Å². The van der Waals surface area contributed by atoms with Crippen LogP contribution in [-0.2, 0) is 4.74 Å². The molecule has 0 amide bonds. The van der Waals surface area contributed by atoms with E-state index in [1.807, 2.05) is 24.3 Å². The topological polar surface area (TPSA) is 35.5 Å². The van der Waals surface area contributed by atoms with Crippen molar-refractivity contribution in [2.75, 3.05) is 20.3 Å². The molecule has 0 atom stereocenters. The molecule has 0 fully saturated rings. The van der Waals surface area contributed by atoms with E-state index in [1.165, 1.54) is 0 Å². The summed E-state index contributed by atoms with van der Waals surface area (Å²) in [5.41, 5.74) is 1.14. The second-order valence-electron chi connectivity index (χ2n) is 4.29. The first-order chi connectivity index (χ1) is 10.1. The third-order valence-corrected chi connectivity index (χ3v) is 4.00. The Balaban J connectivity index is 2.30. The van der Waals surface area contributed by atoms with Crippen LogP contribution in [0.2, 0.25) is 0 Å². The van der Waals surface area contributed by atoms with Crippen molar-refractivity contribution in [3.05, 3.63) is 62.5 Å². The van der Waals surface area contributed by atoms with Crippen LogP contribution in [0.3, 0.4) is 0 Å². The van der Waals surface area contributed by atoms with Gasteiger partial charge in [0.15, 0.2) is 5.78 Å². The first-order valence-corrected chi connectivity index (χ1v) is 7.92. The van der Waals surface area contributed by atoms with Crippen molar-refractivity contribution in [2.45, 2.75) is 0 Å². The summed E-state index contributed by atoms with van der Waals surface area (Å²) >= 11 is 6.80. The summed E-state index contributed by atoms with van der Waals surface area (Å²) in [5, 5.41) is 0. The lowest BCUT2D eigenvalue weighted by atomic mass is 10.0. The number of hydrogen-bond acceptors (Lipinski definition) is 3. The lowest BCUT2D eigenvalue weighted by Crippen LogP contribution is -2.09. The van der Waals surface area contributed by atoms with Crippen molar-refractivity contribution >= 4 is 37.6 Å². The molecule has 0 aliphatic heterocycles.